The van der Waals surface area contributed by atoms with Crippen molar-refractivity contribution in [1.29, 1.82) is 0 Å². The third-order valence-electron chi connectivity index (χ3n) is 2.36. The summed E-state index contributed by atoms with van der Waals surface area (Å²) in [6.45, 7) is 1.08. The number of anilines is 1. The normalized spacial score (nSPS) is 11.4. The highest BCUT2D eigenvalue weighted by atomic mass is 19.4. The summed E-state index contributed by atoms with van der Waals surface area (Å²) in [5.41, 5.74) is -0.0631. The molecule has 1 amide bonds. The van der Waals surface area contributed by atoms with Crippen molar-refractivity contribution in [2.24, 2.45) is 0 Å². The summed E-state index contributed by atoms with van der Waals surface area (Å²) in [7, 11) is 0. The fourth-order valence-corrected chi connectivity index (χ4v) is 1.56. The van der Waals surface area contributed by atoms with Crippen molar-refractivity contribution in [3.63, 3.8) is 0 Å². The number of carbonyl (C=O) groups excluding carboxylic acids is 1. The number of amides is 1. The Labute approximate surface area is 130 Å². The molecule has 23 heavy (non-hydrogen) atoms. The van der Waals surface area contributed by atoms with Crippen LogP contribution in [-0.2, 0) is 9.53 Å². The predicted octanol–water partition coefficient (Wildman–Crippen LogP) is 2.69. The molecule has 0 saturated carbocycles. The number of carboxylic acids is 1. The van der Waals surface area contributed by atoms with E-state index in [0.29, 0.717) is 0 Å². The molecule has 0 aliphatic carbocycles. The summed E-state index contributed by atoms with van der Waals surface area (Å²) in [6, 6.07) is 3.80. The Morgan fingerprint density at radius 2 is 1.96 bits per heavy atom. The molecule has 0 aromatic heterocycles. The molecule has 9 heteroatoms. The van der Waals surface area contributed by atoms with Gasteiger partial charge in [0, 0.05) is 0 Å². The minimum Gasteiger partial charge on any atom is -0.489 e. The van der Waals surface area contributed by atoms with Crippen molar-refractivity contribution in [3.8, 4) is 5.75 Å². The fraction of sp³-hybridized carbons (Fsp3) is 0.429. The highest BCUT2D eigenvalue weighted by molar-refractivity contribution is 5.96. The predicted molar refractivity (Wildman–Crippen MR) is 74.7 cm³/mol. The maximum Gasteiger partial charge on any atom is 0.411 e. The summed E-state index contributed by atoms with van der Waals surface area (Å²) >= 11 is 0. The van der Waals surface area contributed by atoms with Crippen LogP contribution < -0.4 is 10.1 Å². The van der Waals surface area contributed by atoms with E-state index in [-0.39, 0.29) is 23.1 Å². The van der Waals surface area contributed by atoms with E-state index in [9.17, 15) is 22.8 Å². The van der Waals surface area contributed by atoms with Gasteiger partial charge in [-0.1, -0.05) is 0 Å². The number of benzene rings is 1. The van der Waals surface area contributed by atoms with Crippen molar-refractivity contribution in [1.82, 2.24) is 0 Å². The Bertz CT molecular complexity index is 572. The van der Waals surface area contributed by atoms with Crippen LogP contribution in [0.25, 0.3) is 0 Å². The van der Waals surface area contributed by atoms with Gasteiger partial charge in [0.25, 0.3) is 0 Å². The average molecular weight is 335 g/mol. The average Bonchev–Trinajstić information content (AvgIpc) is 2.38. The van der Waals surface area contributed by atoms with Gasteiger partial charge in [-0.3, -0.25) is 4.79 Å². The molecule has 0 fully saturated rings. The second kappa shape index (κ2) is 7.82. The van der Waals surface area contributed by atoms with Gasteiger partial charge in [0.05, 0.1) is 17.4 Å². The van der Waals surface area contributed by atoms with E-state index in [1.54, 1.807) is 13.8 Å². The molecule has 0 radical (unpaired) electrons. The molecule has 6 nitrogen and oxygen atoms in total. The van der Waals surface area contributed by atoms with Crippen LogP contribution in [0, 0.1) is 0 Å². The second-order valence-corrected chi connectivity index (χ2v) is 4.84. The number of aromatic carboxylic acids is 1. The Balaban J connectivity index is 2.80. The zero-order chi connectivity index (χ0) is 17.6. The van der Waals surface area contributed by atoms with Gasteiger partial charge in [-0.05, 0) is 32.0 Å². The molecule has 0 atom stereocenters. The fourth-order valence-electron chi connectivity index (χ4n) is 1.56. The monoisotopic (exact) mass is 335 g/mol. The maximum atomic E-state index is 11.9. The summed E-state index contributed by atoms with van der Waals surface area (Å²) in [4.78, 5) is 22.6. The molecular weight excluding hydrogens is 319 g/mol. The molecule has 0 aliphatic rings. The van der Waals surface area contributed by atoms with Gasteiger partial charge in [-0.2, -0.15) is 13.2 Å². The lowest BCUT2D eigenvalue weighted by molar-refractivity contribution is -0.174. The Morgan fingerprint density at radius 3 is 2.48 bits per heavy atom. The number of carbonyl (C=O) groups is 2. The molecule has 1 rings (SSSR count). The van der Waals surface area contributed by atoms with Crippen LogP contribution in [0.4, 0.5) is 18.9 Å². The van der Waals surface area contributed by atoms with Gasteiger partial charge in [0.15, 0.2) is 0 Å². The largest absolute Gasteiger partial charge is 0.489 e. The van der Waals surface area contributed by atoms with Gasteiger partial charge in [-0.15, -0.1) is 0 Å². The number of rotatable bonds is 7. The lowest BCUT2D eigenvalue weighted by Crippen LogP contribution is -2.24. The van der Waals surface area contributed by atoms with Gasteiger partial charge in [0.1, 0.15) is 19.0 Å². The summed E-state index contributed by atoms with van der Waals surface area (Å²) in [5.74, 6) is -1.87. The third-order valence-corrected chi connectivity index (χ3v) is 2.36. The van der Waals surface area contributed by atoms with Crippen LogP contribution in [0.15, 0.2) is 18.2 Å². The smallest absolute Gasteiger partial charge is 0.411 e. The SMILES string of the molecule is CC(C)Oc1ccc(C(=O)O)cc1NC(=O)COCC(F)(F)F. The zero-order valence-electron chi connectivity index (χ0n) is 12.4. The van der Waals surface area contributed by atoms with Crippen molar-refractivity contribution in [2.75, 3.05) is 18.5 Å². The van der Waals surface area contributed by atoms with E-state index in [1.165, 1.54) is 12.1 Å². The first-order chi connectivity index (χ1) is 10.6. The molecule has 2 N–H and O–H groups in total. The van der Waals surface area contributed by atoms with Crippen LogP contribution in [0.3, 0.4) is 0 Å². The van der Waals surface area contributed by atoms with Crippen LogP contribution in [0.1, 0.15) is 24.2 Å². The number of hydrogen-bond donors (Lipinski definition) is 2. The molecule has 128 valence electrons. The van der Waals surface area contributed by atoms with E-state index in [0.717, 1.165) is 6.07 Å². The number of ether oxygens (including phenoxy) is 2. The summed E-state index contributed by atoms with van der Waals surface area (Å²) in [5, 5.41) is 11.2. The summed E-state index contributed by atoms with van der Waals surface area (Å²) in [6.07, 6.45) is -4.78. The van der Waals surface area contributed by atoms with E-state index in [4.69, 9.17) is 9.84 Å². The lowest BCUT2D eigenvalue weighted by atomic mass is 10.2. The summed E-state index contributed by atoms with van der Waals surface area (Å²) < 4.78 is 45.5. The van der Waals surface area contributed by atoms with E-state index < -0.39 is 31.3 Å². The Hall–Kier alpha value is -2.29. The maximum absolute atomic E-state index is 11.9. The number of alkyl halides is 3. The second-order valence-electron chi connectivity index (χ2n) is 4.84. The molecule has 0 saturated heterocycles. The molecule has 1 aromatic carbocycles. The van der Waals surface area contributed by atoms with Gasteiger partial charge in [-0.25, -0.2) is 4.79 Å². The first-order valence-electron chi connectivity index (χ1n) is 6.57. The Kier molecular flexibility index (Phi) is 6.38. The number of hydrogen-bond acceptors (Lipinski definition) is 4. The molecule has 0 aliphatic heterocycles. The van der Waals surface area contributed by atoms with Crippen LogP contribution in [0.2, 0.25) is 0 Å². The minimum atomic E-state index is -4.53. The zero-order valence-corrected chi connectivity index (χ0v) is 12.4. The van der Waals surface area contributed by atoms with Crippen LogP contribution >= 0.6 is 0 Å². The van der Waals surface area contributed by atoms with Crippen LogP contribution in [-0.4, -0.2) is 42.5 Å². The van der Waals surface area contributed by atoms with Crippen molar-refractivity contribution < 1.29 is 37.3 Å². The number of nitrogens with one attached hydrogen (secondary N) is 1. The highest BCUT2D eigenvalue weighted by Gasteiger charge is 2.27. The quantitative estimate of drug-likeness (QED) is 0.800. The molecular formula is C14H16F3NO5. The molecule has 1 aromatic rings. The molecule has 0 unspecified atom stereocenters. The number of halogens is 3. The first kappa shape index (κ1) is 18.8. The highest BCUT2D eigenvalue weighted by Crippen LogP contribution is 2.27. The van der Waals surface area contributed by atoms with Gasteiger partial charge < -0.3 is 19.9 Å². The molecule has 0 spiro atoms. The van der Waals surface area contributed by atoms with Crippen molar-refractivity contribution in [2.45, 2.75) is 26.1 Å². The Morgan fingerprint density at radius 1 is 1.30 bits per heavy atom. The van der Waals surface area contributed by atoms with Gasteiger partial charge >= 0.3 is 12.1 Å². The van der Waals surface area contributed by atoms with E-state index >= 15 is 0 Å². The first-order valence-corrected chi connectivity index (χ1v) is 6.57. The molecule has 0 bridgehead atoms. The van der Waals surface area contributed by atoms with Gasteiger partial charge in [0.2, 0.25) is 5.91 Å². The standard InChI is InChI=1S/C14H16F3NO5/c1-8(2)23-11-4-3-9(13(20)21)5-10(11)18-12(19)6-22-7-14(15,16)17/h3-5,8H,6-7H2,1-2H3,(H,18,19)(H,20,21). The van der Waals surface area contributed by atoms with Crippen molar-refractivity contribution >= 4 is 17.6 Å². The van der Waals surface area contributed by atoms with E-state index in [2.05, 4.69) is 10.1 Å². The number of carboxylic acid groups (broad SMARTS) is 1. The van der Waals surface area contributed by atoms with Crippen molar-refractivity contribution in [3.05, 3.63) is 23.8 Å². The lowest BCUT2D eigenvalue weighted by Gasteiger charge is -2.15. The third kappa shape index (κ3) is 7.00. The minimum absolute atomic E-state index is 0.0409. The topological polar surface area (TPSA) is 84.9 Å². The molecule has 0 heterocycles. The van der Waals surface area contributed by atoms with E-state index in [1.807, 2.05) is 0 Å². The van der Waals surface area contributed by atoms with Crippen LogP contribution in [0.5, 0.6) is 5.75 Å².